The van der Waals surface area contributed by atoms with Gasteiger partial charge in [0, 0.05) is 18.5 Å². The van der Waals surface area contributed by atoms with Gasteiger partial charge >= 0.3 is 5.76 Å². The van der Waals surface area contributed by atoms with Gasteiger partial charge in [-0.2, -0.15) is 18.9 Å². The van der Waals surface area contributed by atoms with E-state index in [1.54, 1.807) is 7.05 Å². The molecule has 1 aliphatic heterocycles. The van der Waals surface area contributed by atoms with E-state index in [0.717, 1.165) is 38.1 Å². The number of halogens is 3. The fourth-order valence-electron chi connectivity index (χ4n) is 2.84. The molecule has 1 aromatic carbocycles. The first-order valence-electron chi connectivity index (χ1n) is 8.34. The maximum Gasteiger partial charge on any atom is 0.341 e. The monoisotopic (exact) mass is 435 g/mol. The van der Waals surface area contributed by atoms with Crippen molar-refractivity contribution in [2.24, 2.45) is 7.05 Å². The fraction of sp³-hybridized carbons (Fsp3) is 0.438. The van der Waals surface area contributed by atoms with Crippen LogP contribution in [0.4, 0.5) is 14.7 Å². The molecular weight excluding hydrogens is 416 g/mol. The summed E-state index contributed by atoms with van der Waals surface area (Å²) < 4.78 is 49.4. The molecule has 3 rings (SSSR count). The van der Waals surface area contributed by atoms with E-state index in [0.29, 0.717) is 5.82 Å². The molecule has 0 bridgehead atoms. The molecule has 8 nitrogen and oxygen atoms in total. The van der Waals surface area contributed by atoms with Gasteiger partial charge in [0.2, 0.25) is 15.8 Å². The molecule has 1 amide bonds. The third-order valence-electron chi connectivity index (χ3n) is 4.39. The van der Waals surface area contributed by atoms with Crippen LogP contribution >= 0.6 is 12.4 Å². The van der Waals surface area contributed by atoms with Gasteiger partial charge in [-0.3, -0.25) is 10.1 Å². The van der Waals surface area contributed by atoms with Crippen LogP contribution in [0.15, 0.2) is 29.2 Å². The summed E-state index contributed by atoms with van der Waals surface area (Å²) in [5.74, 6) is -2.90. The van der Waals surface area contributed by atoms with Gasteiger partial charge in [0.1, 0.15) is 0 Å². The molecule has 0 aliphatic carbocycles. The molecule has 1 aromatic heterocycles. The Bertz CT molecular complexity index is 928. The maximum absolute atomic E-state index is 12.6. The van der Waals surface area contributed by atoms with Crippen molar-refractivity contribution in [3.8, 4) is 0 Å². The van der Waals surface area contributed by atoms with E-state index >= 15 is 0 Å². The molecule has 154 valence electrons. The van der Waals surface area contributed by atoms with Crippen molar-refractivity contribution in [1.29, 1.82) is 0 Å². The zero-order valence-electron chi connectivity index (χ0n) is 14.9. The number of aromatic nitrogens is 3. The van der Waals surface area contributed by atoms with E-state index in [-0.39, 0.29) is 29.8 Å². The first-order valence-corrected chi connectivity index (χ1v) is 9.89. The molecule has 12 heteroatoms. The Morgan fingerprint density at radius 2 is 1.86 bits per heavy atom. The van der Waals surface area contributed by atoms with Crippen LogP contribution in [-0.2, 0) is 16.9 Å². The number of nitrogens with zero attached hydrogens (tertiary/aromatic N) is 3. The second-order valence-electron chi connectivity index (χ2n) is 6.23. The Hall–Kier alpha value is -2.11. The number of benzene rings is 1. The van der Waals surface area contributed by atoms with Gasteiger partial charge in [-0.1, -0.05) is 0 Å². The quantitative estimate of drug-likeness (QED) is 0.743. The number of anilines is 1. The zero-order valence-corrected chi connectivity index (χ0v) is 16.6. The lowest BCUT2D eigenvalue weighted by Gasteiger charge is -2.19. The lowest BCUT2D eigenvalue weighted by atomic mass is 9.98. The second-order valence-corrected chi connectivity index (χ2v) is 8.14. The number of carbonyl (C=O) groups is 1. The van der Waals surface area contributed by atoms with E-state index in [9.17, 15) is 22.0 Å². The smallest absolute Gasteiger partial charge is 0.317 e. The maximum atomic E-state index is 12.6. The summed E-state index contributed by atoms with van der Waals surface area (Å²) >= 11 is 0. The number of carbonyl (C=O) groups excluding carboxylic acids is 1. The van der Waals surface area contributed by atoms with Crippen molar-refractivity contribution in [3.63, 3.8) is 0 Å². The highest BCUT2D eigenvalue weighted by atomic mass is 35.5. The average molecular weight is 436 g/mol. The number of piperidine rings is 1. The van der Waals surface area contributed by atoms with E-state index in [4.69, 9.17) is 0 Å². The van der Waals surface area contributed by atoms with E-state index in [1.165, 1.54) is 16.8 Å². The molecule has 0 unspecified atom stereocenters. The number of aryl methyl sites for hydroxylation is 1. The molecule has 28 heavy (non-hydrogen) atoms. The Morgan fingerprint density at radius 3 is 2.43 bits per heavy atom. The first kappa shape index (κ1) is 22.2. The topological polar surface area (TPSA) is 106 Å². The first-order chi connectivity index (χ1) is 12.8. The highest BCUT2D eigenvalue weighted by Crippen LogP contribution is 2.23. The summed E-state index contributed by atoms with van der Waals surface area (Å²) in [6.45, 7) is 1.77. The van der Waals surface area contributed by atoms with Crippen LogP contribution in [0.5, 0.6) is 0 Å². The summed E-state index contributed by atoms with van der Waals surface area (Å²) in [5.41, 5.74) is 0.120. The van der Waals surface area contributed by atoms with Crippen LogP contribution in [0.2, 0.25) is 0 Å². The summed E-state index contributed by atoms with van der Waals surface area (Å²) in [6.07, 6.45) is 1.83. The molecule has 1 fully saturated rings. The summed E-state index contributed by atoms with van der Waals surface area (Å²) in [5, 5.41) is 10.2. The highest BCUT2D eigenvalue weighted by molar-refractivity contribution is 7.91. The van der Waals surface area contributed by atoms with Crippen LogP contribution in [0.25, 0.3) is 0 Å². The molecule has 2 N–H and O–H groups in total. The van der Waals surface area contributed by atoms with Crippen LogP contribution in [0.3, 0.4) is 0 Å². The van der Waals surface area contributed by atoms with Gasteiger partial charge in [0.25, 0.3) is 5.91 Å². The standard InChI is InChI=1S/C16H19F2N5O3S.ClH/c1-23-16(20-13(22-23)10-6-8-19-9-7-10)21-14(24)11-2-4-12(5-3-11)27(25,26)15(17)18;/h2-5,10,15,19H,6-9H2,1H3,(H,20,21,22,24);1H. The zero-order chi connectivity index (χ0) is 19.6. The van der Waals surface area contributed by atoms with Crippen molar-refractivity contribution in [1.82, 2.24) is 20.1 Å². The van der Waals surface area contributed by atoms with Gasteiger partial charge in [0.05, 0.1) is 4.90 Å². The lowest BCUT2D eigenvalue weighted by molar-refractivity contribution is 0.102. The predicted octanol–water partition coefficient (Wildman–Crippen LogP) is 1.95. The van der Waals surface area contributed by atoms with Crippen molar-refractivity contribution in [2.75, 3.05) is 18.4 Å². The van der Waals surface area contributed by atoms with Crippen molar-refractivity contribution < 1.29 is 22.0 Å². The minimum atomic E-state index is -4.69. The Balaban J connectivity index is 0.00000280. The number of amides is 1. The van der Waals surface area contributed by atoms with E-state index in [2.05, 4.69) is 20.7 Å². The molecule has 1 saturated heterocycles. The predicted molar refractivity (Wildman–Crippen MR) is 101 cm³/mol. The molecular formula is C16H20ClF2N5O3S. The van der Waals surface area contributed by atoms with Gasteiger partial charge in [0.15, 0.2) is 5.82 Å². The third kappa shape index (κ3) is 4.65. The number of hydrogen-bond donors (Lipinski definition) is 2. The van der Waals surface area contributed by atoms with Crippen molar-refractivity contribution in [3.05, 3.63) is 35.7 Å². The second kappa shape index (κ2) is 8.93. The molecule has 2 heterocycles. The fourth-order valence-corrected chi connectivity index (χ4v) is 3.56. The third-order valence-corrected chi connectivity index (χ3v) is 5.79. The summed E-state index contributed by atoms with van der Waals surface area (Å²) in [7, 11) is -3.03. The number of sulfone groups is 1. The minimum absolute atomic E-state index is 0. The molecule has 1 aliphatic rings. The highest BCUT2D eigenvalue weighted by Gasteiger charge is 2.27. The number of rotatable bonds is 5. The molecule has 0 radical (unpaired) electrons. The van der Waals surface area contributed by atoms with Crippen LogP contribution < -0.4 is 10.6 Å². The Morgan fingerprint density at radius 1 is 1.25 bits per heavy atom. The lowest BCUT2D eigenvalue weighted by Crippen LogP contribution is -2.27. The van der Waals surface area contributed by atoms with Gasteiger partial charge in [-0.15, -0.1) is 12.4 Å². The normalized spacial score (nSPS) is 15.3. The van der Waals surface area contributed by atoms with Crippen molar-refractivity contribution in [2.45, 2.75) is 29.4 Å². The van der Waals surface area contributed by atoms with Gasteiger partial charge < -0.3 is 5.32 Å². The minimum Gasteiger partial charge on any atom is -0.317 e. The van der Waals surface area contributed by atoms with Gasteiger partial charge in [-0.05, 0) is 50.2 Å². The van der Waals surface area contributed by atoms with Gasteiger partial charge in [-0.25, -0.2) is 13.1 Å². The van der Waals surface area contributed by atoms with E-state index in [1.807, 2.05) is 0 Å². The van der Waals surface area contributed by atoms with Crippen molar-refractivity contribution >= 4 is 34.1 Å². The Kier molecular flexibility index (Phi) is 7.07. The summed E-state index contributed by atoms with van der Waals surface area (Å²) in [4.78, 5) is 16.2. The Labute approximate surface area is 167 Å². The molecule has 0 spiro atoms. The largest absolute Gasteiger partial charge is 0.341 e. The number of nitrogens with one attached hydrogen (secondary N) is 2. The molecule has 0 saturated carbocycles. The van der Waals surface area contributed by atoms with E-state index < -0.39 is 26.4 Å². The van der Waals surface area contributed by atoms with Crippen LogP contribution in [-0.4, -0.2) is 47.9 Å². The summed E-state index contributed by atoms with van der Waals surface area (Å²) in [6, 6.07) is 4.31. The molecule has 2 aromatic rings. The number of hydrogen-bond acceptors (Lipinski definition) is 6. The average Bonchev–Trinajstić information content (AvgIpc) is 3.03. The number of alkyl halides is 2. The van der Waals surface area contributed by atoms with Crippen LogP contribution in [0.1, 0.15) is 34.9 Å². The SMILES string of the molecule is Cl.Cn1nc(C2CCNCC2)nc1NC(=O)c1ccc(S(=O)(=O)C(F)F)cc1. The van der Waals surface area contributed by atoms with Crippen LogP contribution in [0, 0.1) is 0 Å². The molecule has 0 atom stereocenters.